The van der Waals surface area contributed by atoms with E-state index in [1.165, 1.54) is 6.42 Å². The lowest BCUT2D eigenvalue weighted by Gasteiger charge is -2.39. The summed E-state index contributed by atoms with van der Waals surface area (Å²) in [4.78, 5) is 14.6. The van der Waals surface area contributed by atoms with Crippen LogP contribution in [0.3, 0.4) is 0 Å². The van der Waals surface area contributed by atoms with Gasteiger partial charge in [-0.3, -0.25) is 0 Å². The van der Waals surface area contributed by atoms with E-state index in [9.17, 15) is 4.79 Å². The van der Waals surface area contributed by atoms with E-state index in [4.69, 9.17) is 9.47 Å². The van der Waals surface area contributed by atoms with Crippen LogP contribution in [0.5, 0.6) is 11.5 Å². The maximum atomic E-state index is 12.6. The molecule has 2 atom stereocenters. The van der Waals surface area contributed by atoms with Crippen molar-refractivity contribution in [2.75, 3.05) is 20.4 Å². The molecule has 1 N–H and O–H groups in total. The van der Waals surface area contributed by atoms with E-state index in [1.807, 2.05) is 29.2 Å². The predicted octanol–water partition coefficient (Wildman–Crippen LogP) is 3.64. The van der Waals surface area contributed by atoms with Crippen molar-refractivity contribution in [1.82, 2.24) is 10.2 Å². The van der Waals surface area contributed by atoms with E-state index in [0.717, 1.165) is 19.4 Å². The number of rotatable bonds is 4. The first-order valence-electron chi connectivity index (χ1n) is 8.62. The first-order valence-corrected chi connectivity index (χ1v) is 8.62. The molecule has 2 fully saturated rings. The summed E-state index contributed by atoms with van der Waals surface area (Å²) >= 11 is 0. The topological polar surface area (TPSA) is 50.8 Å². The van der Waals surface area contributed by atoms with Crippen LogP contribution in [0, 0.1) is 10.8 Å². The van der Waals surface area contributed by atoms with Gasteiger partial charge < -0.3 is 19.7 Å². The highest BCUT2D eigenvalue weighted by atomic mass is 16.5. The first-order chi connectivity index (χ1) is 11.3. The molecule has 2 bridgehead atoms. The van der Waals surface area contributed by atoms with Crippen molar-refractivity contribution in [3.63, 3.8) is 0 Å². The fraction of sp³-hybridized carbons (Fsp3) is 0.632. The second-order valence-electron chi connectivity index (χ2n) is 8.26. The van der Waals surface area contributed by atoms with E-state index in [-0.39, 0.29) is 18.2 Å². The van der Waals surface area contributed by atoms with Gasteiger partial charge in [-0.25, -0.2) is 4.79 Å². The first kappa shape index (κ1) is 16.9. The number of hydrogen-bond acceptors (Lipinski definition) is 3. The second kappa shape index (κ2) is 6.19. The molecule has 0 aromatic heterocycles. The standard InChI is InChI=1S/C19H28N2O3/c1-18(2)9-14-10-19(3,11-18)12-21(14)17(22)20-13-24-16-8-6-5-7-15(16)23-4/h5-8,14H,9-13H2,1-4H3,(H,20,22). The van der Waals surface area contributed by atoms with Crippen LogP contribution in [0.15, 0.2) is 24.3 Å². The van der Waals surface area contributed by atoms with Crippen molar-refractivity contribution in [3.8, 4) is 11.5 Å². The zero-order valence-corrected chi connectivity index (χ0v) is 15.1. The van der Waals surface area contributed by atoms with E-state index in [1.54, 1.807) is 7.11 Å². The van der Waals surface area contributed by atoms with E-state index < -0.39 is 0 Å². The number of nitrogens with zero attached hydrogens (tertiary/aromatic N) is 1. The molecule has 1 saturated heterocycles. The smallest absolute Gasteiger partial charge is 0.320 e. The summed E-state index contributed by atoms with van der Waals surface area (Å²) in [5.41, 5.74) is 0.549. The number of carbonyl (C=O) groups excluding carboxylic acids is 1. The van der Waals surface area contributed by atoms with Gasteiger partial charge in [-0.05, 0) is 42.2 Å². The summed E-state index contributed by atoms with van der Waals surface area (Å²) in [7, 11) is 1.60. The van der Waals surface area contributed by atoms with Gasteiger partial charge in [0.25, 0.3) is 0 Å². The number of benzene rings is 1. The molecule has 132 valence electrons. The molecule has 24 heavy (non-hydrogen) atoms. The number of nitrogens with one attached hydrogen (secondary N) is 1. The molecule has 1 heterocycles. The molecular formula is C19H28N2O3. The number of carbonyl (C=O) groups is 1. The van der Waals surface area contributed by atoms with Crippen molar-refractivity contribution >= 4 is 6.03 Å². The van der Waals surface area contributed by atoms with Gasteiger partial charge in [0, 0.05) is 12.6 Å². The van der Waals surface area contributed by atoms with E-state index in [0.29, 0.717) is 23.0 Å². The molecule has 1 aliphatic carbocycles. The van der Waals surface area contributed by atoms with Crippen LogP contribution >= 0.6 is 0 Å². The highest BCUT2D eigenvalue weighted by molar-refractivity contribution is 5.75. The SMILES string of the molecule is COc1ccccc1OCNC(=O)N1CC2(C)CC1CC(C)(C)C2. The summed E-state index contributed by atoms with van der Waals surface area (Å²) in [5.74, 6) is 1.30. The maximum Gasteiger partial charge on any atom is 0.320 e. The summed E-state index contributed by atoms with van der Waals surface area (Å²) < 4.78 is 10.9. The lowest BCUT2D eigenvalue weighted by molar-refractivity contribution is 0.128. The lowest BCUT2D eigenvalue weighted by atomic mass is 9.65. The normalized spacial score (nSPS) is 27.7. The molecule has 2 amide bonds. The van der Waals surface area contributed by atoms with Gasteiger partial charge in [-0.2, -0.15) is 0 Å². The van der Waals surface area contributed by atoms with Crippen LogP contribution in [0.1, 0.15) is 40.0 Å². The summed E-state index contributed by atoms with van der Waals surface area (Å²) in [6, 6.07) is 7.74. The minimum absolute atomic E-state index is 0.0312. The zero-order chi connectivity index (χ0) is 17.4. The van der Waals surface area contributed by atoms with Gasteiger partial charge in [0.05, 0.1) is 7.11 Å². The molecule has 1 aromatic rings. The fourth-order valence-electron chi connectivity index (χ4n) is 4.71. The van der Waals surface area contributed by atoms with E-state index >= 15 is 0 Å². The van der Waals surface area contributed by atoms with Gasteiger partial charge in [0.2, 0.25) is 0 Å². The average molecular weight is 332 g/mol. The number of amides is 2. The summed E-state index contributed by atoms with van der Waals surface area (Å²) in [6.45, 7) is 7.90. The highest BCUT2D eigenvalue weighted by Gasteiger charge is 2.50. The molecule has 1 aromatic carbocycles. The summed E-state index contributed by atoms with van der Waals surface area (Å²) in [6.07, 6.45) is 3.36. The van der Waals surface area contributed by atoms with Gasteiger partial charge in [-0.15, -0.1) is 0 Å². The number of hydrogen-bond donors (Lipinski definition) is 1. The third kappa shape index (κ3) is 3.45. The Morgan fingerprint density at radius 3 is 2.67 bits per heavy atom. The number of fused-ring (bicyclic) bond motifs is 2. The minimum atomic E-state index is -0.0312. The average Bonchev–Trinajstić information content (AvgIpc) is 2.76. The Kier molecular flexibility index (Phi) is 4.37. The van der Waals surface area contributed by atoms with Crippen LogP contribution in [-0.2, 0) is 0 Å². The van der Waals surface area contributed by atoms with Crippen molar-refractivity contribution in [3.05, 3.63) is 24.3 Å². The molecule has 2 aliphatic rings. The Morgan fingerprint density at radius 2 is 1.96 bits per heavy atom. The monoisotopic (exact) mass is 332 g/mol. The molecule has 0 spiro atoms. The predicted molar refractivity (Wildman–Crippen MR) is 93.3 cm³/mol. The van der Waals surface area contributed by atoms with Crippen LogP contribution in [0.4, 0.5) is 4.79 Å². The third-order valence-corrected chi connectivity index (χ3v) is 5.20. The van der Waals surface area contributed by atoms with Crippen molar-refractivity contribution < 1.29 is 14.3 Å². The minimum Gasteiger partial charge on any atom is -0.493 e. The fourth-order valence-corrected chi connectivity index (χ4v) is 4.71. The number of para-hydroxylation sites is 2. The van der Waals surface area contributed by atoms with Gasteiger partial charge >= 0.3 is 6.03 Å². The molecule has 0 radical (unpaired) electrons. The van der Waals surface area contributed by atoms with Gasteiger partial charge in [0.15, 0.2) is 18.2 Å². The molecule has 3 rings (SSSR count). The van der Waals surface area contributed by atoms with E-state index in [2.05, 4.69) is 26.1 Å². The molecule has 2 unspecified atom stereocenters. The van der Waals surface area contributed by atoms with Gasteiger partial charge in [-0.1, -0.05) is 32.9 Å². The number of methoxy groups -OCH3 is 1. The maximum absolute atomic E-state index is 12.6. The quantitative estimate of drug-likeness (QED) is 0.857. The highest BCUT2D eigenvalue weighted by Crippen LogP contribution is 2.52. The van der Waals surface area contributed by atoms with Crippen LogP contribution < -0.4 is 14.8 Å². The largest absolute Gasteiger partial charge is 0.493 e. The molecule has 5 nitrogen and oxygen atoms in total. The zero-order valence-electron chi connectivity index (χ0n) is 15.1. The lowest BCUT2D eigenvalue weighted by Crippen LogP contribution is -2.44. The number of likely N-dealkylation sites (tertiary alicyclic amines) is 1. The third-order valence-electron chi connectivity index (χ3n) is 5.20. The van der Waals surface area contributed by atoms with Crippen molar-refractivity contribution in [1.29, 1.82) is 0 Å². The summed E-state index contributed by atoms with van der Waals surface area (Å²) in [5, 5.41) is 2.89. The molecule has 1 aliphatic heterocycles. The van der Waals surface area contributed by atoms with Gasteiger partial charge in [0.1, 0.15) is 0 Å². The van der Waals surface area contributed by atoms with Crippen LogP contribution in [0.2, 0.25) is 0 Å². The second-order valence-corrected chi connectivity index (χ2v) is 8.26. The molecular weight excluding hydrogens is 304 g/mol. The van der Waals surface area contributed by atoms with Crippen molar-refractivity contribution in [2.45, 2.75) is 46.1 Å². The molecule has 1 saturated carbocycles. The number of ether oxygens (including phenoxy) is 2. The van der Waals surface area contributed by atoms with Crippen LogP contribution in [0.25, 0.3) is 0 Å². The van der Waals surface area contributed by atoms with Crippen LogP contribution in [-0.4, -0.2) is 37.4 Å². The number of urea groups is 1. The van der Waals surface area contributed by atoms with Crippen molar-refractivity contribution in [2.24, 2.45) is 10.8 Å². The Labute approximate surface area is 144 Å². The Hall–Kier alpha value is -1.91. The molecule has 5 heteroatoms. The Morgan fingerprint density at radius 1 is 1.25 bits per heavy atom. The Bertz CT molecular complexity index is 616. The Balaban J connectivity index is 1.56.